The summed E-state index contributed by atoms with van der Waals surface area (Å²) >= 11 is 7.85. The van der Waals surface area contributed by atoms with Crippen molar-refractivity contribution < 1.29 is 4.79 Å². The van der Waals surface area contributed by atoms with E-state index < -0.39 is 6.04 Å². The van der Waals surface area contributed by atoms with Gasteiger partial charge in [0.05, 0.1) is 36.3 Å². The molecule has 4 heterocycles. The van der Waals surface area contributed by atoms with Crippen LogP contribution in [0.3, 0.4) is 0 Å². The van der Waals surface area contributed by atoms with Crippen molar-refractivity contribution in [2.75, 3.05) is 13.1 Å². The van der Waals surface area contributed by atoms with Crippen LogP contribution in [0.2, 0.25) is 5.02 Å². The van der Waals surface area contributed by atoms with Crippen LogP contribution in [0.4, 0.5) is 0 Å². The van der Waals surface area contributed by atoms with Gasteiger partial charge in [0.2, 0.25) is 5.91 Å². The summed E-state index contributed by atoms with van der Waals surface area (Å²) in [6.45, 7) is 6.57. The number of amides is 1. The summed E-state index contributed by atoms with van der Waals surface area (Å²) in [5.41, 5.74) is 10.9. The monoisotopic (exact) mass is 555 g/mol. The molecule has 1 aliphatic rings. The number of hydrogen-bond donors (Lipinski definition) is 3. The molecule has 0 unspecified atom stereocenters. The van der Waals surface area contributed by atoms with Gasteiger partial charge in [-0.25, -0.2) is 0 Å². The van der Waals surface area contributed by atoms with E-state index in [1.807, 2.05) is 35.8 Å². The number of benzene rings is 1. The summed E-state index contributed by atoms with van der Waals surface area (Å²) in [5.74, 6) is 13.0. The third-order valence-corrected chi connectivity index (χ3v) is 7.85. The first-order chi connectivity index (χ1) is 18.9. The molecule has 0 saturated carbocycles. The summed E-state index contributed by atoms with van der Waals surface area (Å²) in [6.07, 6.45) is 3.64. The Kier molecular flexibility index (Phi) is 7.67. The van der Waals surface area contributed by atoms with Crippen LogP contribution in [-0.2, 0) is 4.79 Å². The quantitative estimate of drug-likeness (QED) is 0.330. The van der Waals surface area contributed by atoms with Gasteiger partial charge in [0.1, 0.15) is 16.9 Å². The number of carbonyl (C=O) groups excluding carboxylic acids is 1. The molecular weight excluding hydrogens is 530 g/mol. The molecule has 0 radical (unpaired) electrons. The molecule has 1 aromatic carbocycles. The number of aryl methyl sites for hydroxylation is 2. The van der Waals surface area contributed by atoms with Crippen LogP contribution < -0.4 is 11.1 Å². The number of aliphatic imine (C=N–C) groups is 1. The van der Waals surface area contributed by atoms with E-state index in [9.17, 15) is 4.79 Å². The van der Waals surface area contributed by atoms with Gasteiger partial charge in [0.15, 0.2) is 5.82 Å². The molecule has 0 fully saturated rings. The Labute approximate surface area is 235 Å². The third kappa shape index (κ3) is 5.39. The zero-order valence-corrected chi connectivity index (χ0v) is 23.3. The van der Waals surface area contributed by atoms with E-state index in [0.29, 0.717) is 10.8 Å². The third-order valence-electron chi connectivity index (χ3n) is 6.40. The summed E-state index contributed by atoms with van der Waals surface area (Å²) in [6, 6.07) is 7.07. The molecule has 1 atom stereocenters. The fraction of sp³-hybridized carbons (Fsp3) is 0.241. The lowest BCUT2D eigenvalue weighted by atomic mass is 9.99. The first-order valence-corrected chi connectivity index (χ1v) is 13.5. The summed E-state index contributed by atoms with van der Waals surface area (Å²) in [5, 5.41) is 13.3. The Morgan fingerprint density at radius 1 is 1.13 bits per heavy atom. The molecule has 4 N–H and O–H groups in total. The zero-order chi connectivity index (χ0) is 27.5. The second-order valence-electron chi connectivity index (χ2n) is 8.98. The molecule has 39 heavy (non-hydrogen) atoms. The number of thiophene rings is 1. The maximum atomic E-state index is 13.1. The summed E-state index contributed by atoms with van der Waals surface area (Å²) in [7, 11) is 0. The van der Waals surface area contributed by atoms with Crippen molar-refractivity contribution in [3.05, 3.63) is 86.0 Å². The van der Waals surface area contributed by atoms with Crippen LogP contribution in [0.5, 0.6) is 0 Å². The number of nitrogens with zero attached hydrogens (tertiary/aromatic N) is 4. The molecule has 4 aromatic rings. The lowest BCUT2D eigenvalue weighted by Gasteiger charge is -2.12. The smallest absolute Gasteiger partial charge is 0.223 e. The van der Waals surface area contributed by atoms with Crippen molar-refractivity contribution in [1.82, 2.24) is 25.1 Å². The number of fused-ring (bicyclic) bond motifs is 3. The molecule has 0 spiro atoms. The van der Waals surface area contributed by atoms with E-state index in [2.05, 4.69) is 58.0 Å². The van der Waals surface area contributed by atoms with Crippen LogP contribution >= 0.6 is 22.9 Å². The molecule has 0 aliphatic carbocycles. The number of rotatable bonds is 4. The normalized spacial score (nSPS) is 13.7. The van der Waals surface area contributed by atoms with Crippen molar-refractivity contribution in [3.63, 3.8) is 0 Å². The van der Waals surface area contributed by atoms with Crippen molar-refractivity contribution in [2.45, 2.75) is 33.2 Å². The number of aromatic nitrogens is 4. The predicted octanol–water partition coefficient (Wildman–Crippen LogP) is 4.00. The molecule has 5 rings (SSSR count). The van der Waals surface area contributed by atoms with Crippen LogP contribution in [-0.4, -0.2) is 44.5 Å². The van der Waals surface area contributed by atoms with Gasteiger partial charge >= 0.3 is 0 Å². The largest absolute Gasteiger partial charge is 0.365 e. The number of nitrogens with one attached hydrogen (secondary N) is 2. The number of carbonyl (C=O) groups is 1. The van der Waals surface area contributed by atoms with E-state index in [1.165, 1.54) is 4.88 Å². The highest BCUT2D eigenvalue weighted by Gasteiger charge is 2.32. The molecule has 3 aromatic heterocycles. The van der Waals surface area contributed by atoms with E-state index in [0.717, 1.165) is 44.4 Å². The number of nitrogens with two attached hydrogens (primary N) is 1. The standard InChI is InChI=1S/C29H26ClN7OS/c1-17-18(2)39-29-26(17)27(20-8-10-23(30)11-9-20)34-24(28-36-35-19(3)37(28)29)14-25(38)33-13-5-7-22-16-32-15-21(22)6-4-12-31/h8-11,15-16,24,32H,12-14,31H2,1-3H3,(H,33,38)/t24-/m0/s1. The first kappa shape index (κ1) is 26.5. The summed E-state index contributed by atoms with van der Waals surface area (Å²) in [4.78, 5) is 22.4. The van der Waals surface area contributed by atoms with Crippen molar-refractivity contribution in [1.29, 1.82) is 0 Å². The van der Waals surface area contributed by atoms with Gasteiger partial charge in [0.25, 0.3) is 0 Å². The Morgan fingerprint density at radius 2 is 1.85 bits per heavy atom. The van der Waals surface area contributed by atoms with Crippen LogP contribution in [0, 0.1) is 44.5 Å². The van der Waals surface area contributed by atoms with Crippen molar-refractivity contribution in [2.24, 2.45) is 10.7 Å². The highest BCUT2D eigenvalue weighted by molar-refractivity contribution is 7.15. The van der Waals surface area contributed by atoms with Crippen LogP contribution in [0.25, 0.3) is 5.00 Å². The Morgan fingerprint density at radius 3 is 2.56 bits per heavy atom. The number of halogens is 1. The number of H-pyrrole nitrogens is 1. The van der Waals surface area contributed by atoms with Gasteiger partial charge in [-0.2, -0.15) is 0 Å². The maximum absolute atomic E-state index is 13.1. The zero-order valence-electron chi connectivity index (χ0n) is 21.7. The van der Waals surface area contributed by atoms with Gasteiger partial charge in [0, 0.05) is 33.4 Å². The predicted molar refractivity (Wildman–Crippen MR) is 155 cm³/mol. The van der Waals surface area contributed by atoms with Gasteiger partial charge in [-0.3, -0.25) is 14.4 Å². The summed E-state index contributed by atoms with van der Waals surface area (Å²) < 4.78 is 2.03. The molecule has 10 heteroatoms. The van der Waals surface area contributed by atoms with Crippen LogP contribution in [0.1, 0.15) is 56.8 Å². The highest BCUT2D eigenvalue weighted by atomic mass is 35.5. The first-order valence-electron chi connectivity index (χ1n) is 12.3. The number of hydrogen-bond acceptors (Lipinski definition) is 6. The molecule has 0 saturated heterocycles. The van der Waals surface area contributed by atoms with E-state index in [-0.39, 0.29) is 25.4 Å². The Bertz CT molecular complexity index is 1700. The molecule has 0 bridgehead atoms. The minimum atomic E-state index is -0.535. The van der Waals surface area contributed by atoms with E-state index >= 15 is 0 Å². The second kappa shape index (κ2) is 11.3. The van der Waals surface area contributed by atoms with Crippen molar-refractivity contribution in [3.8, 4) is 28.7 Å². The van der Waals surface area contributed by atoms with Gasteiger partial charge in [-0.15, -0.1) is 21.5 Å². The molecular formula is C29H26ClN7OS. The lowest BCUT2D eigenvalue weighted by molar-refractivity contribution is -0.121. The van der Waals surface area contributed by atoms with Gasteiger partial charge in [-0.05, 0) is 38.5 Å². The minimum Gasteiger partial charge on any atom is -0.365 e. The fourth-order valence-corrected chi connectivity index (χ4v) is 5.72. The van der Waals surface area contributed by atoms with Gasteiger partial charge < -0.3 is 16.0 Å². The topological polar surface area (TPSA) is 114 Å². The average Bonchev–Trinajstić information content (AvgIpc) is 3.59. The lowest BCUT2D eigenvalue weighted by Crippen LogP contribution is -2.25. The van der Waals surface area contributed by atoms with E-state index in [1.54, 1.807) is 23.7 Å². The fourth-order valence-electron chi connectivity index (χ4n) is 4.38. The molecule has 196 valence electrons. The number of aromatic amines is 1. The second-order valence-corrected chi connectivity index (χ2v) is 10.6. The minimum absolute atomic E-state index is 0.0985. The SMILES string of the molecule is Cc1sc2c(c1C)C(c1ccc(Cl)cc1)=N[C@@H](CC(=O)NCC#Cc1c[nH]cc1C#CCN)c1nnc(C)n1-2. The maximum Gasteiger partial charge on any atom is 0.223 e. The average molecular weight is 556 g/mol. The molecule has 1 amide bonds. The Balaban J connectivity index is 1.43. The van der Waals surface area contributed by atoms with Gasteiger partial charge in [-0.1, -0.05) is 47.4 Å². The van der Waals surface area contributed by atoms with E-state index in [4.69, 9.17) is 22.3 Å². The highest BCUT2D eigenvalue weighted by Crippen LogP contribution is 2.39. The molecule has 1 aliphatic heterocycles. The molecule has 8 nitrogen and oxygen atoms in total. The van der Waals surface area contributed by atoms with Crippen molar-refractivity contribution >= 4 is 34.6 Å². The Hall–Kier alpha value is -4.15. The van der Waals surface area contributed by atoms with Crippen LogP contribution in [0.15, 0.2) is 41.7 Å².